The smallest absolute Gasteiger partial charge is 0.253 e. The third-order valence-electron chi connectivity index (χ3n) is 2.32. The van der Waals surface area contributed by atoms with Gasteiger partial charge in [0.25, 0.3) is 5.91 Å². The van der Waals surface area contributed by atoms with Crippen LogP contribution < -0.4 is 11.1 Å². The molecule has 1 aromatic rings. The molecule has 0 spiro atoms. The molecule has 1 amide bonds. The summed E-state index contributed by atoms with van der Waals surface area (Å²) in [5, 5.41) is 2.71. The van der Waals surface area contributed by atoms with Crippen LogP contribution in [-0.2, 0) is 4.74 Å². The minimum absolute atomic E-state index is 0.144. The van der Waals surface area contributed by atoms with Gasteiger partial charge in [0.05, 0.1) is 11.7 Å². The molecule has 4 nitrogen and oxygen atoms in total. The van der Waals surface area contributed by atoms with Gasteiger partial charge in [0.2, 0.25) is 0 Å². The monoisotopic (exact) mass is 254 g/mol. The van der Waals surface area contributed by atoms with E-state index in [0.717, 1.165) is 12.5 Å². The lowest BCUT2D eigenvalue weighted by molar-refractivity contribution is 0.0757. The fraction of sp³-hybridized carbons (Fsp3) is 0.462. The Morgan fingerprint density at radius 1 is 1.50 bits per heavy atom. The average molecular weight is 254 g/mol. The highest BCUT2D eigenvalue weighted by Crippen LogP contribution is 2.12. The van der Waals surface area contributed by atoms with Gasteiger partial charge in [0, 0.05) is 18.8 Å². The molecule has 0 aliphatic carbocycles. The SMILES string of the molecule is CC(C)OCCCNC(=O)c1ccc(F)cc1N. The van der Waals surface area contributed by atoms with Gasteiger partial charge in [0.15, 0.2) is 0 Å². The van der Waals surface area contributed by atoms with Crippen molar-refractivity contribution >= 4 is 11.6 Å². The van der Waals surface area contributed by atoms with Crippen LogP contribution in [-0.4, -0.2) is 25.2 Å². The summed E-state index contributed by atoms with van der Waals surface area (Å²) < 4.78 is 18.2. The van der Waals surface area contributed by atoms with E-state index in [2.05, 4.69) is 5.32 Å². The zero-order valence-corrected chi connectivity index (χ0v) is 10.7. The molecule has 0 saturated heterocycles. The van der Waals surface area contributed by atoms with E-state index in [1.807, 2.05) is 13.8 Å². The van der Waals surface area contributed by atoms with Gasteiger partial charge in [-0.1, -0.05) is 0 Å². The molecular formula is C13H19FN2O2. The Labute approximate surface area is 106 Å². The maximum atomic E-state index is 12.8. The lowest BCUT2D eigenvalue weighted by Gasteiger charge is -2.09. The summed E-state index contributed by atoms with van der Waals surface area (Å²) in [5.41, 5.74) is 6.00. The number of hydrogen-bond donors (Lipinski definition) is 2. The second kappa shape index (κ2) is 6.96. The van der Waals surface area contributed by atoms with Gasteiger partial charge in [-0.2, -0.15) is 0 Å². The first-order chi connectivity index (χ1) is 8.50. The molecule has 0 fully saturated rings. The number of nitrogens with one attached hydrogen (secondary N) is 1. The standard InChI is InChI=1S/C13H19FN2O2/c1-9(2)18-7-3-6-16-13(17)11-5-4-10(14)8-12(11)15/h4-5,8-9H,3,6-7,15H2,1-2H3,(H,16,17). The minimum atomic E-state index is -0.450. The van der Waals surface area contributed by atoms with Crippen molar-refractivity contribution in [2.75, 3.05) is 18.9 Å². The fourth-order valence-corrected chi connectivity index (χ4v) is 1.43. The Bertz CT molecular complexity index is 408. The largest absolute Gasteiger partial charge is 0.398 e. The Kier molecular flexibility index (Phi) is 5.58. The van der Waals surface area contributed by atoms with E-state index in [0.29, 0.717) is 18.7 Å². The van der Waals surface area contributed by atoms with Crippen LogP contribution in [0.2, 0.25) is 0 Å². The van der Waals surface area contributed by atoms with Crippen LogP contribution in [0.3, 0.4) is 0 Å². The number of carbonyl (C=O) groups is 1. The summed E-state index contributed by atoms with van der Waals surface area (Å²) in [4.78, 5) is 11.7. The van der Waals surface area contributed by atoms with Crippen molar-refractivity contribution in [2.24, 2.45) is 0 Å². The zero-order chi connectivity index (χ0) is 13.5. The number of ether oxygens (including phenoxy) is 1. The number of carbonyl (C=O) groups excluding carboxylic acids is 1. The highest BCUT2D eigenvalue weighted by molar-refractivity contribution is 5.99. The molecule has 0 aliphatic rings. The number of halogens is 1. The molecule has 1 rings (SSSR count). The van der Waals surface area contributed by atoms with E-state index in [1.165, 1.54) is 12.1 Å². The van der Waals surface area contributed by atoms with E-state index in [4.69, 9.17) is 10.5 Å². The average Bonchev–Trinajstić information content (AvgIpc) is 2.27. The van der Waals surface area contributed by atoms with E-state index < -0.39 is 5.82 Å². The summed E-state index contributed by atoms with van der Waals surface area (Å²) in [5.74, 6) is -0.744. The third-order valence-corrected chi connectivity index (χ3v) is 2.32. The maximum Gasteiger partial charge on any atom is 0.253 e. The predicted molar refractivity (Wildman–Crippen MR) is 68.9 cm³/mol. The Morgan fingerprint density at radius 3 is 2.83 bits per heavy atom. The number of benzene rings is 1. The van der Waals surface area contributed by atoms with Crippen molar-refractivity contribution in [3.05, 3.63) is 29.6 Å². The molecule has 1 aromatic carbocycles. The number of amides is 1. The van der Waals surface area contributed by atoms with Gasteiger partial charge in [0.1, 0.15) is 5.82 Å². The normalized spacial score (nSPS) is 10.7. The highest BCUT2D eigenvalue weighted by atomic mass is 19.1. The molecule has 0 atom stereocenters. The topological polar surface area (TPSA) is 64.3 Å². The Balaban J connectivity index is 2.36. The third kappa shape index (κ3) is 4.71. The molecule has 18 heavy (non-hydrogen) atoms. The van der Waals surface area contributed by atoms with Gasteiger partial charge in [-0.15, -0.1) is 0 Å². The summed E-state index contributed by atoms with van der Waals surface area (Å²) in [7, 11) is 0. The lowest BCUT2D eigenvalue weighted by Crippen LogP contribution is -2.26. The minimum Gasteiger partial charge on any atom is -0.398 e. The van der Waals surface area contributed by atoms with Crippen LogP contribution in [0.25, 0.3) is 0 Å². The fourth-order valence-electron chi connectivity index (χ4n) is 1.43. The molecule has 0 saturated carbocycles. The molecule has 3 N–H and O–H groups in total. The number of nitrogens with two attached hydrogens (primary N) is 1. The summed E-state index contributed by atoms with van der Waals surface area (Å²) in [6.45, 7) is 5.01. The van der Waals surface area contributed by atoms with Gasteiger partial charge in [-0.25, -0.2) is 4.39 Å². The first-order valence-electron chi connectivity index (χ1n) is 5.95. The highest BCUT2D eigenvalue weighted by Gasteiger charge is 2.09. The van der Waals surface area contributed by atoms with Crippen LogP contribution in [0.5, 0.6) is 0 Å². The lowest BCUT2D eigenvalue weighted by atomic mass is 10.1. The van der Waals surface area contributed by atoms with Crippen molar-refractivity contribution in [1.29, 1.82) is 0 Å². The maximum absolute atomic E-state index is 12.8. The second-order valence-electron chi connectivity index (χ2n) is 4.26. The quantitative estimate of drug-likeness (QED) is 0.602. The van der Waals surface area contributed by atoms with Crippen molar-refractivity contribution in [1.82, 2.24) is 5.32 Å². The molecule has 0 unspecified atom stereocenters. The van der Waals surface area contributed by atoms with Crippen molar-refractivity contribution in [3.63, 3.8) is 0 Å². The molecular weight excluding hydrogens is 235 g/mol. The van der Waals surface area contributed by atoms with Gasteiger partial charge < -0.3 is 15.8 Å². The van der Waals surface area contributed by atoms with Crippen LogP contribution in [0.4, 0.5) is 10.1 Å². The van der Waals surface area contributed by atoms with Crippen LogP contribution in [0, 0.1) is 5.82 Å². The van der Waals surface area contributed by atoms with Crippen LogP contribution >= 0.6 is 0 Å². The summed E-state index contributed by atoms with van der Waals surface area (Å²) in [6, 6.07) is 3.73. The van der Waals surface area contributed by atoms with Crippen LogP contribution in [0.1, 0.15) is 30.6 Å². The number of hydrogen-bond acceptors (Lipinski definition) is 3. The molecule has 5 heteroatoms. The summed E-state index contributed by atoms with van der Waals surface area (Å²) in [6.07, 6.45) is 0.916. The van der Waals surface area contributed by atoms with Gasteiger partial charge in [-0.05, 0) is 38.5 Å². The van der Waals surface area contributed by atoms with Crippen molar-refractivity contribution in [3.8, 4) is 0 Å². The first kappa shape index (κ1) is 14.4. The number of rotatable bonds is 6. The van der Waals surface area contributed by atoms with E-state index in [9.17, 15) is 9.18 Å². The molecule has 0 aromatic heterocycles. The Hall–Kier alpha value is -1.62. The molecule has 0 bridgehead atoms. The molecule has 100 valence electrons. The molecule has 0 aliphatic heterocycles. The van der Waals surface area contributed by atoms with Crippen molar-refractivity contribution in [2.45, 2.75) is 26.4 Å². The number of nitrogen functional groups attached to an aromatic ring is 1. The van der Waals surface area contributed by atoms with Crippen molar-refractivity contribution < 1.29 is 13.9 Å². The number of anilines is 1. The van der Waals surface area contributed by atoms with E-state index >= 15 is 0 Å². The van der Waals surface area contributed by atoms with Gasteiger partial charge in [-0.3, -0.25) is 4.79 Å². The van der Waals surface area contributed by atoms with E-state index in [1.54, 1.807) is 0 Å². The van der Waals surface area contributed by atoms with Gasteiger partial charge >= 0.3 is 0 Å². The molecule has 0 radical (unpaired) electrons. The Morgan fingerprint density at radius 2 is 2.22 bits per heavy atom. The zero-order valence-electron chi connectivity index (χ0n) is 10.7. The van der Waals surface area contributed by atoms with E-state index in [-0.39, 0.29) is 17.7 Å². The summed E-state index contributed by atoms with van der Waals surface area (Å²) >= 11 is 0. The predicted octanol–water partition coefficient (Wildman–Crippen LogP) is 1.95. The first-order valence-corrected chi connectivity index (χ1v) is 5.95. The molecule has 0 heterocycles. The van der Waals surface area contributed by atoms with Crippen LogP contribution in [0.15, 0.2) is 18.2 Å². The second-order valence-corrected chi connectivity index (χ2v) is 4.26.